The van der Waals surface area contributed by atoms with Crippen molar-refractivity contribution in [3.05, 3.63) is 71.7 Å². The summed E-state index contributed by atoms with van der Waals surface area (Å²) in [6.45, 7) is 0.0417. The van der Waals surface area contributed by atoms with Crippen LogP contribution in [0.4, 0.5) is 0 Å². The van der Waals surface area contributed by atoms with E-state index in [2.05, 4.69) is 4.98 Å². The van der Waals surface area contributed by atoms with E-state index in [4.69, 9.17) is 9.47 Å². The number of carbonyl (C=O) groups excluding carboxylic acids is 1. The standard InChI is InChI=1S/C18H15NO3S/c20-17(12-21-16-9-5-2-6-10-16)22-11-15-13-23-18(19-15)14-7-3-1-4-8-14/h1-10,13H,11-12H2. The second-order valence-corrected chi connectivity index (χ2v) is 5.63. The average molecular weight is 325 g/mol. The van der Waals surface area contributed by atoms with E-state index in [-0.39, 0.29) is 13.2 Å². The van der Waals surface area contributed by atoms with Crippen LogP contribution in [0, 0.1) is 0 Å². The first-order valence-corrected chi connectivity index (χ1v) is 8.02. The van der Waals surface area contributed by atoms with Crippen LogP contribution in [0.5, 0.6) is 5.75 Å². The summed E-state index contributed by atoms with van der Waals surface area (Å²) in [7, 11) is 0. The van der Waals surface area contributed by atoms with Crippen molar-refractivity contribution in [1.29, 1.82) is 0 Å². The van der Waals surface area contributed by atoms with Gasteiger partial charge >= 0.3 is 5.97 Å². The van der Waals surface area contributed by atoms with Gasteiger partial charge in [0.2, 0.25) is 0 Å². The van der Waals surface area contributed by atoms with Crippen LogP contribution in [0.15, 0.2) is 66.0 Å². The molecule has 0 aliphatic carbocycles. The normalized spacial score (nSPS) is 10.3. The molecule has 0 saturated heterocycles. The molecule has 4 nitrogen and oxygen atoms in total. The van der Waals surface area contributed by atoms with Crippen molar-refractivity contribution in [2.75, 3.05) is 6.61 Å². The minimum absolute atomic E-state index is 0.111. The van der Waals surface area contributed by atoms with Gasteiger partial charge in [-0.2, -0.15) is 0 Å². The van der Waals surface area contributed by atoms with Crippen LogP contribution in [0.25, 0.3) is 10.6 Å². The van der Waals surface area contributed by atoms with Crippen molar-refractivity contribution in [1.82, 2.24) is 4.98 Å². The third-order valence-corrected chi connectivity index (χ3v) is 3.99. The molecule has 1 aromatic heterocycles. The maximum atomic E-state index is 11.7. The lowest BCUT2D eigenvalue weighted by Crippen LogP contribution is -2.14. The molecule has 1 heterocycles. The molecule has 0 spiro atoms. The van der Waals surface area contributed by atoms with Crippen molar-refractivity contribution >= 4 is 17.3 Å². The Labute approximate surface area is 138 Å². The Kier molecular flexibility index (Phi) is 5.01. The van der Waals surface area contributed by atoms with Gasteiger partial charge in [-0.05, 0) is 12.1 Å². The van der Waals surface area contributed by atoms with Gasteiger partial charge in [-0.3, -0.25) is 0 Å². The fourth-order valence-corrected chi connectivity index (χ4v) is 2.75. The van der Waals surface area contributed by atoms with Crippen molar-refractivity contribution < 1.29 is 14.3 Å². The topological polar surface area (TPSA) is 48.4 Å². The number of ether oxygens (including phenoxy) is 2. The third-order valence-electron chi connectivity index (χ3n) is 3.05. The number of aromatic nitrogens is 1. The summed E-state index contributed by atoms with van der Waals surface area (Å²) in [4.78, 5) is 16.2. The van der Waals surface area contributed by atoms with Crippen LogP contribution < -0.4 is 4.74 Å². The zero-order valence-electron chi connectivity index (χ0n) is 12.3. The number of rotatable bonds is 6. The molecular weight excluding hydrogens is 310 g/mol. The van der Waals surface area contributed by atoms with Gasteiger partial charge < -0.3 is 9.47 Å². The van der Waals surface area contributed by atoms with Crippen molar-refractivity contribution in [2.45, 2.75) is 6.61 Å². The van der Waals surface area contributed by atoms with Crippen LogP contribution in [-0.2, 0) is 16.1 Å². The van der Waals surface area contributed by atoms with E-state index in [1.807, 2.05) is 53.9 Å². The van der Waals surface area contributed by atoms with Crippen molar-refractivity contribution in [3.63, 3.8) is 0 Å². The molecule has 0 N–H and O–H groups in total. The number of benzene rings is 2. The highest BCUT2D eigenvalue weighted by Crippen LogP contribution is 2.23. The van der Waals surface area contributed by atoms with E-state index < -0.39 is 5.97 Å². The molecule has 3 aromatic rings. The monoisotopic (exact) mass is 325 g/mol. The molecule has 0 bridgehead atoms. The van der Waals surface area contributed by atoms with Gasteiger partial charge in [0, 0.05) is 10.9 Å². The summed E-state index contributed by atoms with van der Waals surface area (Å²) in [5.74, 6) is 0.229. The molecule has 0 amide bonds. The van der Waals surface area contributed by atoms with Gasteiger partial charge in [0.25, 0.3) is 0 Å². The fraction of sp³-hybridized carbons (Fsp3) is 0.111. The van der Waals surface area contributed by atoms with Gasteiger partial charge in [-0.25, -0.2) is 9.78 Å². The molecular formula is C18H15NO3S. The van der Waals surface area contributed by atoms with E-state index in [9.17, 15) is 4.79 Å². The first kappa shape index (κ1) is 15.2. The predicted molar refractivity (Wildman–Crippen MR) is 89.3 cm³/mol. The maximum Gasteiger partial charge on any atom is 0.344 e. The average Bonchev–Trinajstić information content (AvgIpc) is 3.09. The zero-order chi connectivity index (χ0) is 15.9. The quantitative estimate of drug-likeness (QED) is 0.644. The molecule has 0 fully saturated rings. The Morgan fingerprint density at radius 2 is 1.70 bits per heavy atom. The molecule has 2 aromatic carbocycles. The van der Waals surface area contributed by atoms with E-state index in [0.717, 1.165) is 16.3 Å². The van der Waals surface area contributed by atoms with Gasteiger partial charge in [0.05, 0.1) is 5.69 Å². The van der Waals surface area contributed by atoms with Crippen LogP contribution >= 0.6 is 11.3 Å². The Hall–Kier alpha value is -2.66. The summed E-state index contributed by atoms with van der Waals surface area (Å²) >= 11 is 1.53. The van der Waals surface area contributed by atoms with Gasteiger partial charge in [-0.15, -0.1) is 11.3 Å². The van der Waals surface area contributed by atoms with Gasteiger partial charge in [0.15, 0.2) is 6.61 Å². The number of carbonyl (C=O) groups is 1. The van der Waals surface area contributed by atoms with Gasteiger partial charge in [0.1, 0.15) is 17.4 Å². The largest absolute Gasteiger partial charge is 0.482 e. The zero-order valence-corrected chi connectivity index (χ0v) is 13.2. The molecule has 3 rings (SSSR count). The highest BCUT2D eigenvalue weighted by Gasteiger charge is 2.08. The minimum Gasteiger partial charge on any atom is -0.482 e. The second-order valence-electron chi connectivity index (χ2n) is 4.77. The number of para-hydroxylation sites is 1. The van der Waals surface area contributed by atoms with E-state index in [0.29, 0.717) is 5.75 Å². The summed E-state index contributed by atoms with van der Waals surface area (Å²) in [5, 5.41) is 2.81. The number of hydrogen-bond donors (Lipinski definition) is 0. The summed E-state index contributed by atoms with van der Waals surface area (Å²) in [6.07, 6.45) is 0. The predicted octanol–water partition coefficient (Wildman–Crippen LogP) is 3.93. The molecule has 0 radical (unpaired) electrons. The Bertz CT molecular complexity index is 756. The molecule has 0 atom stereocenters. The number of nitrogens with zero attached hydrogens (tertiary/aromatic N) is 1. The molecule has 0 unspecified atom stereocenters. The molecule has 0 aliphatic rings. The summed E-state index contributed by atoms with van der Waals surface area (Å²) in [6, 6.07) is 19.1. The van der Waals surface area contributed by atoms with Crippen molar-refractivity contribution in [3.8, 4) is 16.3 Å². The molecule has 23 heavy (non-hydrogen) atoms. The first-order valence-electron chi connectivity index (χ1n) is 7.14. The lowest BCUT2D eigenvalue weighted by Gasteiger charge is -2.05. The molecule has 0 saturated carbocycles. The number of thiazole rings is 1. The number of esters is 1. The SMILES string of the molecule is O=C(COc1ccccc1)OCc1csc(-c2ccccc2)n1. The first-order chi connectivity index (χ1) is 11.3. The van der Waals surface area contributed by atoms with Crippen LogP contribution in [0.3, 0.4) is 0 Å². The number of hydrogen-bond acceptors (Lipinski definition) is 5. The molecule has 5 heteroatoms. The van der Waals surface area contributed by atoms with E-state index >= 15 is 0 Å². The minimum atomic E-state index is -0.414. The van der Waals surface area contributed by atoms with Gasteiger partial charge in [-0.1, -0.05) is 48.5 Å². The van der Waals surface area contributed by atoms with Crippen LogP contribution in [0.1, 0.15) is 5.69 Å². The Morgan fingerprint density at radius 3 is 2.43 bits per heavy atom. The molecule has 116 valence electrons. The van der Waals surface area contributed by atoms with Crippen LogP contribution in [0.2, 0.25) is 0 Å². The Balaban J connectivity index is 1.49. The maximum absolute atomic E-state index is 11.7. The van der Waals surface area contributed by atoms with Crippen molar-refractivity contribution in [2.24, 2.45) is 0 Å². The summed E-state index contributed by atoms with van der Waals surface area (Å²) in [5.41, 5.74) is 1.80. The lowest BCUT2D eigenvalue weighted by atomic mass is 10.2. The summed E-state index contributed by atoms with van der Waals surface area (Å²) < 4.78 is 10.5. The molecule has 0 aliphatic heterocycles. The fourth-order valence-electron chi connectivity index (χ4n) is 1.94. The smallest absolute Gasteiger partial charge is 0.344 e. The second kappa shape index (κ2) is 7.56. The van der Waals surface area contributed by atoms with E-state index in [1.165, 1.54) is 11.3 Å². The Morgan fingerprint density at radius 1 is 1.00 bits per heavy atom. The third kappa shape index (κ3) is 4.40. The van der Waals surface area contributed by atoms with Crippen LogP contribution in [-0.4, -0.2) is 17.6 Å². The highest BCUT2D eigenvalue weighted by molar-refractivity contribution is 7.13. The lowest BCUT2D eigenvalue weighted by molar-refractivity contribution is -0.147. The highest BCUT2D eigenvalue weighted by atomic mass is 32.1. The van der Waals surface area contributed by atoms with E-state index in [1.54, 1.807) is 12.1 Å².